The highest BCUT2D eigenvalue weighted by molar-refractivity contribution is 8.93. The molecule has 0 amide bonds. The van der Waals surface area contributed by atoms with E-state index in [1.165, 1.54) is 0 Å². The molecule has 0 N–H and O–H groups in total. The van der Waals surface area contributed by atoms with Crippen LogP contribution in [0.2, 0.25) is 0 Å². The van der Waals surface area contributed by atoms with Crippen molar-refractivity contribution in [3.8, 4) is 0 Å². The summed E-state index contributed by atoms with van der Waals surface area (Å²) in [5.41, 5.74) is -1.23. The maximum atomic E-state index is 6.11. The molecule has 0 saturated carbocycles. The van der Waals surface area contributed by atoms with Crippen LogP contribution in [0.15, 0.2) is 0 Å². The summed E-state index contributed by atoms with van der Waals surface area (Å²) in [6.07, 6.45) is -0.186. The number of ether oxygens (including phenoxy) is 6. The fourth-order valence-corrected chi connectivity index (χ4v) is 18.1. The molecule has 0 saturated heterocycles. The Balaban J connectivity index is 5.10. The van der Waals surface area contributed by atoms with Crippen LogP contribution in [0.25, 0.3) is 0 Å². The third kappa shape index (κ3) is 9.36. The summed E-state index contributed by atoms with van der Waals surface area (Å²) in [6.45, 7) is 19.9. The lowest BCUT2D eigenvalue weighted by Crippen LogP contribution is -2.52. The van der Waals surface area contributed by atoms with Gasteiger partial charge < -0.3 is 28.4 Å². The van der Waals surface area contributed by atoms with Crippen LogP contribution in [0.4, 0.5) is 0 Å². The summed E-state index contributed by atoms with van der Waals surface area (Å²) < 4.78 is 36.1. The van der Waals surface area contributed by atoms with E-state index in [-0.39, 0.29) is 12.2 Å². The van der Waals surface area contributed by atoms with E-state index in [1.807, 2.05) is 75.9 Å². The first-order valence-corrected chi connectivity index (χ1v) is 17.8. The molecule has 0 rings (SSSR count). The average Bonchev–Trinajstić information content (AvgIpc) is 2.66. The third-order valence-corrected chi connectivity index (χ3v) is 19.1. The molecule has 10 heteroatoms. The number of hydrogen-bond donors (Lipinski definition) is 0. The van der Waals surface area contributed by atoms with Gasteiger partial charge in [-0.15, -0.1) is 20.5 Å². The van der Waals surface area contributed by atoms with Gasteiger partial charge in [0.05, 0.1) is 0 Å². The predicted octanol–water partition coefficient (Wildman–Crippen LogP) is 2.84. The summed E-state index contributed by atoms with van der Waals surface area (Å²) in [5, 5.41) is 0. The molecule has 170 valence electrons. The molecule has 0 spiro atoms. The Morgan fingerprint density at radius 3 is 1.07 bits per heavy atom. The Labute approximate surface area is 184 Å². The van der Waals surface area contributed by atoms with E-state index < -0.39 is 28.2 Å². The van der Waals surface area contributed by atoms with Crippen molar-refractivity contribution in [2.75, 3.05) is 39.6 Å². The van der Waals surface area contributed by atoms with Crippen molar-refractivity contribution in [1.29, 1.82) is 0 Å². The zero-order valence-electron chi connectivity index (χ0n) is 19.1. The number of rotatable bonds is 19. The smallest absolute Gasteiger partial charge is 0.181 e. The first-order valence-electron chi connectivity index (χ1n) is 10.4. The van der Waals surface area contributed by atoms with Crippen LogP contribution < -0.4 is 0 Å². The SMILES string of the molecule is CCOC(C)C(OCC)(OCC)[SiH2]SS[SiH2]C(OCC)(OCC)C(C)OCC. The third-order valence-electron chi connectivity index (χ3n) is 4.23. The standard InChI is InChI=1S/C18H42O6S2Si2/c1-9-19-15(7)17(21-11-3,22-12-4)27-25-26-28-18(23-13-5,24-14-6)16(8)20-10-2/h15-16H,9-14,27-28H2,1-8H3. The molecule has 6 nitrogen and oxygen atoms in total. The summed E-state index contributed by atoms with van der Waals surface area (Å²) in [5.74, 6) is 0. The Kier molecular flexibility index (Phi) is 17.1. The van der Waals surface area contributed by atoms with Crippen LogP contribution in [0, 0.1) is 0 Å². The minimum Gasteiger partial charge on any atom is -0.374 e. The molecular weight excluding hydrogens is 432 g/mol. The maximum Gasteiger partial charge on any atom is 0.181 e. The van der Waals surface area contributed by atoms with Crippen molar-refractivity contribution in [1.82, 2.24) is 0 Å². The van der Waals surface area contributed by atoms with Gasteiger partial charge in [0.15, 0.2) is 28.2 Å². The van der Waals surface area contributed by atoms with Crippen molar-refractivity contribution in [3.63, 3.8) is 0 Å². The first kappa shape index (κ1) is 28.9. The van der Waals surface area contributed by atoms with Crippen molar-refractivity contribution in [2.24, 2.45) is 0 Å². The minimum atomic E-state index is -0.811. The van der Waals surface area contributed by atoms with E-state index in [4.69, 9.17) is 28.4 Å². The zero-order chi connectivity index (χ0) is 21.5. The Bertz CT molecular complexity index is 336. The number of hydrogen-bond acceptors (Lipinski definition) is 8. The molecule has 2 atom stereocenters. The molecule has 0 radical (unpaired) electrons. The van der Waals surface area contributed by atoms with Gasteiger partial charge in [-0.25, -0.2) is 0 Å². The van der Waals surface area contributed by atoms with Crippen molar-refractivity contribution in [3.05, 3.63) is 0 Å². The van der Waals surface area contributed by atoms with Gasteiger partial charge >= 0.3 is 0 Å². The topological polar surface area (TPSA) is 55.4 Å². The molecule has 0 aliphatic carbocycles. The van der Waals surface area contributed by atoms with Crippen LogP contribution in [0.5, 0.6) is 0 Å². The van der Waals surface area contributed by atoms with Gasteiger partial charge in [0, 0.05) is 39.6 Å². The molecule has 28 heavy (non-hydrogen) atoms. The van der Waals surface area contributed by atoms with Crippen molar-refractivity contribution < 1.29 is 28.4 Å². The highest BCUT2D eigenvalue weighted by Crippen LogP contribution is 2.33. The largest absolute Gasteiger partial charge is 0.374 e. The second kappa shape index (κ2) is 16.6. The molecule has 0 bridgehead atoms. The minimum absolute atomic E-state index is 0.0928. The van der Waals surface area contributed by atoms with Gasteiger partial charge in [0.2, 0.25) is 0 Å². The molecular formula is C18H42O6S2Si2. The summed E-state index contributed by atoms with van der Waals surface area (Å²) in [4.78, 5) is 0. The molecule has 0 aromatic rings. The van der Waals surface area contributed by atoms with Crippen LogP contribution in [0.1, 0.15) is 55.4 Å². The molecule has 0 aromatic heterocycles. The van der Waals surface area contributed by atoms with Crippen LogP contribution >= 0.6 is 20.5 Å². The Morgan fingerprint density at radius 1 is 0.571 bits per heavy atom. The van der Waals surface area contributed by atoms with E-state index in [0.717, 1.165) is 0 Å². The summed E-state index contributed by atoms with van der Waals surface area (Å²) in [6, 6.07) is 0. The quantitative estimate of drug-likeness (QED) is 0.123. The Hall–Kier alpha value is 0.894. The lowest BCUT2D eigenvalue weighted by Gasteiger charge is -2.39. The van der Waals surface area contributed by atoms with E-state index >= 15 is 0 Å². The maximum absolute atomic E-state index is 6.11. The van der Waals surface area contributed by atoms with Gasteiger partial charge in [0.1, 0.15) is 12.2 Å². The average molecular weight is 475 g/mol. The molecule has 0 aliphatic heterocycles. The lowest BCUT2D eigenvalue weighted by molar-refractivity contribution is -0.231. The second-order valence-corrected chi connectivity index (χ2v) is 16.5. The molecule has 0 fully saturated rings. The fourth-order valence-electron chi connectivity index (χ4n) is 2.93. The van der Waals surface area contributed by atoms with E-state index in [1.54, 1.807) is 0 Å². The van der Waals surface area contributed by atoms with Gasteiger partial charge in [-0.05, 0) is 55.4 Å². The Morgan fingerprint density at radius 2 is 0.857 bits per heavy atom. The van der Waals surface area contributed by atoms with Crippen LogP contribution in [-0.4, -0.2) is 80.0 Å². The second-order valence-electron chi connectivity index (χ2n) is 6.08. The predicted molar refractivity (Wildman–Crippen MR) is 126 cm³/mol. The van der Waals surface area contributed by atoms with Gasteiger partial charge in [-0.2, -0.15) is 0 Å². The van der Waals surface area contributed by atoms with E-state index in [2.05, 4.69) is 0 Å². The molecule has 0 aliphatic rings. The molecule has 2 unspecified atom stereocenters. The highest BCUT2D eigenvalue weighted by atomic mass is 33.3. The fraction of sp³-hybridized carbons (Fsp3) is 1.00. The van der Waals surface area contributed by atoms with Gasteiger partial charge in [-0.1, -0.05) is 0 Å². The van der Waals surface area contributed by atoms with E-state index in [0.29, 0.717) is 39.6 Å². The van der Waals surface area contributed by atoms with Crippen LogP contribution in [0.3, 0.4) is 0 Å². The van der Waals surface area contributed by atoms with Crippen molar-refractivity contribution >= 4 is 37.8 Å². The van der Waals surface area contributed by atoms with Crippen molar-refractivity contribution in [2.45, 2.75) is 78.4 Å². The van der Waals surface area contributed by atoms with Gasteiger partial charge in [0.25, 0.3) is 0 Å². The lowest BCUT2D eigenvalue weighted by atomic mass is 10.4. The zero-order valence-corrected chi connectivity index (χ0v) is 23.5. The van der Waals surface area contributed by atoms with Gasteiger partial charge in [-0.3, -0.25) is 0 Å². The monoisotopic (exact) mass is 474 g/mol. The summed E-state index contributed by atoms with van der Waals surface area (Å²) >= 11 is 0. The summed E-state index contributed by atoms with van der Waals surface area (Å²) in [7, 11) is 2.14. The molecule has 0 heterocycles. The van der Waals surface area contributed by atoms with Crippen LogP contribution in [-0.2, 0) is 28.4 Å². The molecule has 0 aromatic carbocycles. The normalized spacial score (nSPS) is 15.9. The van der Waals surface area contributed by atoms with E-state index in [9.17, 15) is 0 Å². The first-order chi connectivity index (χ1) is 13.4. The highest BCUT2D eigenvalue weighted by Gasteiger charge is 2.42.